The standard InChI is InChI=1S/C36H55F3O4/c1-3-5-7-9-11-13-32(37)35(40)42-29-20-15-26(16-21-29)28-19-24-31(34(39)25-28)27-17-22-30(23-18-27)43-36(41)33(38)14-12-10-8-6-4-2/h19,24-27,29-30,32-33H,3-18,20-23H2,1-2H3/t26-,27-,29-,30-,32-,33-/m0/s1. The number of hydrogen-bond donors (Lipinski definition) is 0. The molecule has 0 spiro atoms. The maximum absolute atomic E-state index is 15.3. The summed E-state index contributed by atoms with van der Waals surface area (Å²) in [5.74, 6) is -1.45. The van der Waals surface area contributed by atoms with E-state index in [0.717, 1.165) is 69.8 Å². The van der Waals surface area contributed by atoms with Crippen molar-refractivity contribution in [1.82, 2.24) is 0 Å². The van der Waals surface area contributed by atoms with Gasteiger partial charge in [0.25, 0.3) is 0 Å². The van der Waals surface area contributed by atoms with E-state index in [9.17, 15) is 18.4 Å². The van der Waals surface area contributed by atoms with E-state index in [2.05, 4.69) is 13.8 Å². The van der Waals surface area contributed by atoms with Gasteiger partial charge >= 0.3 is 11.9 Å². The molecule has 0 amide bonds. The number of rotatable bonds is 18. The van der Waals surface area contributed by atoms with E-state index >= 15 is 4.39 Å². The predicted octanol–water partition coefficient (Wildman–Crippen LogP) is 10.4. The molecular formula is C36H55F3O4. The fourth-order valence-corrected chi connectivity index (χ4v) is 6.70. The van der Waals surface area contributed by atoms with E-state index in [4.69, 9.17) is 9.47 Å². The van der Waals surface area contributed by atoms with Crippen LogP contribution in [-0.4, -0.2) is 36.5 Å². The molecular weight excluding hydrogens is 553 g/mol. The van der Waals surface area contributed by atoms with Gasteiger partial charge in [-0.15, -0.1) is 0 Å². The minimum Gasteiger partial charge on any atom is -0.460 e. The van der Waals surface area contributed by atoms with Gasteiger partial charge in [0.15, 0.2) is 12.3 Å². The Kier molecular flexibility index (Phi) is 16.0. The number of carbonyl (C=O) groups is 2. The molecule has 1 aromatic carbocycles. The summed E-state index contributed by atoms with van der Waals surface area (Å²) in [6.45, 7) is 4.26. The summed E-state index contributed by atoms with van der Waals surface area (Å²) in [6, 6.07) is 5.53. The number of benzene rings is 1. The van der Waals surface area contributed by atoms with Crippen molar-refractivity contribution >= 4 is 11.9 Å². The van der Waals surface area contributed by atoms with Crippen molar-refractivity contribution in [1.29, 1.82) is 0 Å². The molecule has 2 saturated carbocycles. The molecule has 0 N–H and O–H groups in total. The average Bonchev–Trinajstić information content (AvgIpc) is 3.01. The Bertz CT molecular complexity index is 954. The lowest BCUT2D eigenvalue weighted by molar-refractivity contribution is -0.157. The van der Waals surface area contributed by atoms with Gasteiger partial charge in [0, 0.05) is 0 Å². The lowest BCUT2D eigenvalue weighted by Gasteiger charge is -2.31. The van der Waals surface area contributed by atoms with Crippen LogP contribution in [0.1, 0.15) is 165 Å². The summed E-state index contributed by atoms with van der Waals surface area (Å²) in [4.78, 5) is 24.4. The zero-order valence-corrected chi connectivity index (χ0v) is 26.6. The topological polar surface area (TPSA) is 52.6 Å². The Labute approximate surface area is 257 Å². The summed E-state index contributed by atoms with van der Waals surface area (Å²) in [5.41, 5.74) is 1.64. The normalized spacial score (nSPS) is 23.8. The molecule has 0 heterocycles. The van der Waals surface area contributed by atoms with Crippen LogP contribution >= 0.6 is 0 Å². The van der Waals surface area contributed by atoms with Crippen molar-refractivity contribution in [2.75, 3.05) is 0 Å². The first-order valence-electron chi connectivity index (χ1n) is 17.3. The van der Waals surface area contributed by atoms with Crippen LogP contribution < -0.4 is 0 Å². The molecule has 0 unspecified atom stereocenters. The maximum atomic E-state index is 15.3. The van der Waals surface area contributed by atoms with Gasteiger partial charge < -0.3 is 9.47 Å². The monoisotopic (exact) mass is 608 g/mol. The largest absolute Gasteiger partial charge is 0.460 e. The lowest BCUT2D eigenvalue weighted by atomic mass is 9.79. The number of alkyl halides is 2. The fraction of sp³-hybridized carbons (Fsp3) is 0.778. The van der Waals surface area contributed by atoms with E-state index in [1.54, 1.807) is 6.07 Å². The molecule has 0 aliphatic heterocycles. The van der Waals surface area contributed by atoms with Crippen molar-refractivity contribution in [3.05, 3.63) is 35.1 Å². The summed E-state index contributed by atoms with van der Waals surface area (Å²) >= 11 is 0. The molecule has 1 aromatic rings. The molecule has 0 radical (unpaired) electrons. The van der Waals surface area contributed by atoms with Gasteiger partial charge in [-0.3, -0.25) is 0 Å². The van der Waals surface area contributed by atoms with Gasteiger partial charge in [-0.2, -0.15) is 0 Å². The molecule has 244 valence electrons. The van der Waals surface area contributed by atoms with Gasteiger partial charge in [0.2, 0.25) is 0 Å². The molecule has 3 rings (SSSR count). The third-order valence-corrected chi connectivity index (χ3v) is 9.48. The maximum Gasteiger partial charge on any atom is 0.340 e. The van der Waals surface area contributed by atoms with Crippen LogP contribution in [0, 0.1) is 5.82 Å². The van der Waals surface area contributed by atoms with Crippen LogP contribution in [0.15, 0.2) is 18.2 Å². The molecule has 0 bridgehead atoms. The summed E-state index contributed by atoms with van der Waals surface area (Å²) in [5, 5.41) is 0. The Morgan fingerprint density at radius 1 is 0.674 bits per heavy atom. The van der Waals surface area contributed by atoms with Crippen molar-refractivity contribution in [2.45, 2.75) is 179 Å². The second kappa shape index (κ2) is 19.4. The number of ether oxygens (including phenoxy) is 2. The zero-order valence-electron chi connectivity index (χ0n) is 26.6. The predicted molar refractivity (Wildman–Crippen MR) is 165 cm³/mol. The van der Waals surface area contributed by atoms with E-state index in [-0.39, 0.29) is 42.7 Å². The quantitative estimate of drug-likeness (QED) is 0.123. The number of esters is 2. The highest BCUT2D eigenvalue weighted by molar-refractivity contribution is 5.75. The first kappa shape index (κ1) is 35.4. The molecule has 0 saturated heterocycles. The highest BCUT2D eigenvalue weighted by Crippen LogP contribution is 2.39. The Morgan fingerprint density at radius 3 is 1.56 bits per heavy atom. The average molecular weight is 609 g/mol. The molecule has 2 fully saturated rings. The zero-order chi connectivity index (χ0) is 31.0. The smallest absolute Gasteiger partial charge is 0.340 e. The van der Waals surface area contributed by atoms with Gasteiger partial charge in [-0.25, -0.2) is 22.8 Å². The van der Waals surface area contributed by atoms with Gasteiger partial charge in [-0.1, -0.05) is 77.3 Å². The molecule has 2 aliphatic rings. The summed E-state index contributed by atoms with van der Waals surface area (Å²) in [6.07, 6.45) is 12.2. The number of hydrogen-bond acceptors (Lipinski definition) is 4. The van der Waals surface area contributed by atoms with Crippen molar-refractivity contribution in [3.63, 3.8) is 0 Å². The first-order valence-corrected chi connectivity index (χ1v) is 17.3. The van der Waals surface area contributed by atoms with E-state index in [1.807, 2.05) is 12.1 Å². The second-order valence-electron chi connectivity index (χ2n) is 12.9. The number of carbonyl (C=O) groups excluding carboxylic acids is 2. The van der Waals surface area contributed by atoms with Crippen molar-refractivity contribution < 1.29 is 32.2 Å². The molecule has 2 aliphatic carbocycles. The van der Waals surface area contributed by atoms with E-state index in [0.29, 0.717) is 56.9 Å². The lowest BCUT2D eigenvalue weighted by Crippen LogP contribution is -2.29. The highest BCUT2D eigenvalue weighted by atomic mass is 19.1. The van der Waals surface area contributed by atoms with Crippen LogP contribution in [0.4, 0.5) is 13.2 Å². The van der Waals surface area contributed by atoms with Gasteiger partial charge in [0.05, 0.1) is 0 Å². The highest BCUT2D eigenvalue weighted by Gasteiger charge is 2.31. The van der Waals surface area contributed by atoms with Gasteiger partial charge in [0.1, 0.15) is 18.0 Å². The molecule has 2 atom stereocenters. The number of halogens is 3. The SMILES string of the molecule is CCCCCCC[C@H](F)C(=O)O[C@H]1CC[C@H](c2ccc([C@H]3CC[C@H](OC(=O)[C@@H](F)CCCCCCC)CC3)c(F)c2)CC1. The summed E-state index contributed by atoms with van der Waals surface area (Å²) < 4.78 is 54.7. The minimum atomic E-state index is -1.56. The third kappa shape index (κ3) is 12.1. The van der Waals surface area contributed by atoms with Crippen LogP contribution in [0.5, 0.6) is 0 Å². The van der Waals surface area contributed by atoms with Crippen LogP contribution in [0.2, 0.25) is 0 Å². The van der Waals surface area contributed by atoms with E-state index in [1.165, 1.54) is 0 Å². The molecule has 0 aromatic heterocycles. The van der Waals surface area contributed by atoms with E-state index < -0.39 is 24.3 Å². The molecule has 7 heteroatoms. The van der Waals surface area contributed by atoms with Crippen molar-refractivity contribution in [3.8, 4) is 0 Å². The fourth-order valence-electron chi connectivity index (χ4n) is 6.70. The summed E-state index contributed by atoms with van der Waals surface area (Å²) in [7, 11) is 0. The Balaban J connectivity index is 1.37. The van der Waals surface area contributed by atoms with Gasteiger partial charge in [-0.05, 0) is 106 Å². The van der Waals surface area contributed by atoms with Crippen molar-refractivity contribution in [2.24, 2.45) is 0 Å². The molecule has 4 nitrogen and oxygen atoms in total. The first-order chi connectivity index (χ1) is 20.8. The third-order valence-electron chi connectivity index (χ3n) is 9.48. The minimum absolute atomic E-state index is 0.0548. The second-order valence-corrected chi connectivity index (χ2v) is 12.9. The Morgan fingerprint density at radius 2 is 1.12 bits per heavy atom. The van der Waals surface area contributed by atoms with Crippen LogP contribution in [0.3, 0.4) is 0 Å². The van der Waals surface area contributed by atoms with Crippen LogP contribution in [0.25, 0.3) is 0 Å². The molecule has 43 heavy (non-hydrogen) atoms. The Hall–Kier alpha value is -2.05. The van der Waals surface area contributed by atoms with Crippen LogP contribution in [-0.2, 0) is 19.1 Å². The number of unbranched alkanes of at least 4 members (excludes halogenated alkanes) is 8.